The Morgan fingerprint density at radius 2 is 1.70 bits per heavy atom. The van der Waals surface area contributed by atoms with Gasteiger partial charge >= 0.3 is 0 Å². The second-order valence-corrected chi connectivity index (χ2v) is 4.84. The van der Waals surface area contributed by atoms with E-state index in [9.17, 15) is 4.79 Å². The van der Waals surface area contributed by atoms with Crippen molar-refractivity contribution in [1.29, 1.82) is 0 Å². The molecule has 0 aliphatic heterocycles. The molecule has 0 amide bonds. The first-order valence-electron chi connectivity index (χ1n) is 6.67. The van der Waals surface area contributed by atoms with Crippen LogP contribution in [0.1, 0.15) is 18.1 Å². The monoisotopic (exact) mass is 269 g/mol. The summed E-state index contributed by atoms with van der Waals surface area (Å²) in [6.45, 7) is 2.06. The molecule has 20 heavy (non-hydrogen) atoms. The fourth-order valence-corrected chi connectivity index (χ4v) is 1.86. The fourth-order valence-electron chi connectivity index (χ4n) is 1.86. The van der Waals surface area contributed by atoms with Gasteiger partial charge in [0.2, 0.25) is 0 Å². The highest BCUT2D eigenvalue weighted by Crippen LogP contribution is 2.15. The van der Waals surface area contributed by atoms with Crippen LogP contribution in [0.25, 0.3) is 0 Å². The lowest BCUT2D eigenvalue weighted by Gasteiger charge is -2.09. The molecule has 0 heterocycles. The van der Waals surface area contributed by atoms with Gasteiger partial charge < -0.3 is 10.5 Å². The Balaban J connectivity index is 1.90. The third kappa shape index (κ3) is 4.21. The number of benzene rings is 2. The molecular weight excluding hydrogens is 250 g/mol. The summed E-state index contributed by atoms with van der Waals surface area (Å²) in [5, 5.41) is 0. The quantitative estimate of drug-likeness (QED) is 0.877. The highest BCUT2D eigenvalue weighted by molar-refractivity contribution is 5.81. The van der Waals surface area contributed by atoms with E-state index in [0.29, 0.717) is 13.0 Å². The lowest BCUT2D eigenvalue weighted by atomic mass is 10.0. The highest BCUT2D eigenvalue weighted by Gasteiger charge is 2.08. The molecule has 2 aromatic rings. The maximum atomic E-state index is 11.1. The highest BCUT2D eigenvalue weighted by atomic mass is 16.5. The van der Waals surface area contributed by atoms with Crippen molar-refractivity contribution in [1.82, 2.24) is 0 Å². The first-order chi connectivity index (χ1) is 9.65. The van der Waals surface area contributed by atoms with E-state index in [1.54, 1.807) is 0 Å². The van der Waals surface area contributed by atoms with Gasteiger partial charge in [-0.3, -0.25) is 4.79 Å². The second kappa shape index (κ2) is 6.87. The predicted molar refractivity (Wildman–Crippen MR) is 79.6 cm³/mol. The summed E-state index contributed by atoms with van der Waals surface area (Å²) < 4.78 is 5.70. The standard InChI is InChI=1S/C17H19NO2/c1-13(19)17(18)11-14-7-9-16(10-8-14)20-12-15-5-3-2-4-6-15/h2-10,17H,11-12,18H2,1H3. The summed E-state index contributed by atoms with van der Waals surface area (Å²) in [6, 6.07) is 17.3. The molecule has 2 N–H and O–H groups in total. The molecule has 3 heteroatoms. The van der Waals surface area contributed by atoms with Crippen LogP contribution in [0.2, 0.25) is 0 Å². The molecule has 0 spiro atoms. The molecule has 0 aliphatic rings. The van der Waals surface area contributed by atoms with Gasteiger partial charge in [-0.15, -0.1) is 0 Å². The van der Waals surface area contributed by atoms with E-state index in [2.05, 4.69) is 0 Å². The van der Waals surface area contributed by atoms with Crippen molar-refractivity contribution < 1.29 is 9.53 Å². The molecule has 3 nitrogen and oxygen atoms in total. The van der Waals surface area contributed by atoms with Crippen molar-refractivity contribution in [3.63, 3.8) is 0 Å². The average Bonchev–Trinajstić information content (AvgIpc) is 2.47. The summed E-state index contributed by atoms with van der Waals surface area (Å²) in [5.41, 5.74) is 7.92. The number of hydrogen-bond donors (Lipinski definition) is 1. The second-order valence-electron chi connectivity index (χ2n) is 4.84. The van der Waals surface area contributed by atoms with E-state index in [4.69, 9.17) is 10.5 Å². The molecule has 0 aliphatic carbocycles. The summed E-state index contributed by atoms with van der Waals surface area (Å²) in [6.07, 6.45) is 0.564. The van der Waals surface area contributed by atoms with E-state index in [1.165, 1.54) is 6.92 Å². The minimum absolute atomic E-state index is 0.00871. The van der Waals surface area contributed by atoms with E-state index >= 15 is 0 Å². The maximum absolute atomic E-state index is 11.1. The van der Waals surface area contributed by atoms with Crippen molar-refractivity contribution in [3.05, 3.63) is 65.7 Å². The van der Waals surface area contributed by atoms with Crippen molar-refractivity contribution in [2.45, 2.75) is 26.0 Å². The fraction of sp³-hybridized carbons (Fsp3) is 0.235. The number of carbonyl (C=O) groups is 1. The number of carbonyl (C=O) groups excluding carboxylic acids is 1. The predicted octanol–water partition coefficient (Wildman–Crippen LogP) is 2.72. The van der Waals surface area contributed by atoms with Crippen LogP contribution < -0.4 is 10.5 Å². The lowest BCUT2D eigenvalue weighted by molar-refractivity contribution is -0.118. The summed E-state index contributed by atoms with van der Waals surface area (Å²) in [5.74, 6) is 0.823. The van der Waals surface area contributed by atoms with E-state index in [0.717, 1.165) is 16.9 Å². The molecule has 0 saturated carbocycles. The zero-order chi connectivity index (χ0) is 14.4. The Hall–Kier alpha value is -2.13. The third-order valence-corrected chi connectivity index (χ3v) is 3.15. The molecule has 0 bridgehead atoms. The zero-order valence-electron chi connectivity index (χ0n) is 11.6. The Labute approximate surface area is 119 Å². The van der Waals surface area contributed by atoms with Crippen LogP contribution in [0.4, 0.5) is 0 Å². The number of ketones is 1. The normalized spacial score (nSPS) is 11.9. The molecule has 2 aromatic carbocycles. The molecule has 0 saturated heterocycles. The van der Waals surface area contributed by atoms with Gasteiger partial charge in [0, 0.05) is 0 Å². The van der Waals surface area contributed by atoms with Crippen molar-refractivity contribution >= 4 is 5.78 Å². The molecule has 2 rings (SSSR count). The molecule has 104 valence electrons. The van der Waals surface area contributed by atoms with Crippen LogP contribution in [-0.2, 0) is 17.8 Å². The van der Waals surface area contributed by atoms with Crippen molar-refractivity contribution in [2.24, 2.45) is 5.73 Å². The van der Waals surface area contributed by atoms with Crippen LogP contribution in [-0.4, -0.2) is 11.8 Å². The largest absolute Gasteiger partial charge is 0.489 e. The minimum Gasteiger partial charge on any atom is -0.489 e. The molecule has 0 radical (unpaired) electrons. The number of ether oxygens (including phenoxy) is 1. The Morgan fingerprint density at radius 1 is 1.05 bits per heavy atom. The molecule has 0 fully saturated rings. The SMILES string of the molecule is CC(=O)C(N)Cc1ccc(OCc2ccccc2)cc1. The van der Waals surface area contributed by atoms with E-state index in [1.807, 2.05) is 54.6 Å². The minimum atomic E-state index is -0.425. The third-order valence-electron chi connectivity index (χ3n) is 3.15. The number of Topliss-reactive ketones (excluding diaryl/α,β-unsaturated/α-hetero) is 1. The van der Waals surface area contributed by atoms with Gasteiger partial charge in [0.25, 0.3) is 0 Å². The van der Waals surface area contributed by atoms with Gasteiger partial charge in [-0.1, -0.05) is 42.5 Å². The Kier molecular flexibility index (Phi) is 4.91. The number of nitrogens with two attached hydrogens (primary N) is 1. The summed E-state index contributed by atoms with van der Waals surface area (Å²) >= 11 is 0. The van der Waals surface area contributed by atoms with E-state index < -0.39 is 6.04 Å². The number of hydrogen-bond acceptors (Lipinski definition) is 3. The summed E-state index contributed by atoms with van der Waals surface area (Å²) in [4.78, 5) is 11.1. The van der Waals surface area contributed by atoms with Crippen LogP contribution in [0.5, 0.6) is 5.75 Å². The van der Waals surface area contributed by atoms with Gasteiger partial charge in [0.15, 0.2) is 0 Å². The average molecular weight is 269 g/mol. The first kappa shape index (κ1) is 14.3. The van der Waals surface area contributed by atoms with Crippen molar-refractivity contribution in [3.8, 4) is 5.75 Å². The lowest BCUT2D eigenvalue weighted by Crippen LogP contribution is -2.30. The van der Waals surface area contributed by atoms with Gasteiger partial charge in [-0.05, 0) is 36.6 Å². The topological polar surface area (TPSA) is 52.3 Å². The van der Waals surface area contributed by atoms with Crippen LogP contribution >= 0.6 is 0 Å². The van der Waals surface area contributed by atoms with E-state index in [-0.39, 0.29) is 5.78 Å². The first-order valence-corrected chi connectivity index (χ1v) is 6.67. The van der Waals surface area contributed by atoms with Gasteiger partial charge in [0.05, 0.1) is 6.04 Å². The Bertz CT molecular complexity index is 549. The van der Waals surface area contributed by atoms with Gasteiger partial charge in [-0.25, -0.2) is 0 Å². The van der Waals surface area contributed by atoms with Crippen molar-refractivity contribution in [2.75, 3.05) is 0 Å². The smallest absolute Gasteiger partial charge is 0.146 e. The molecule has 0 aromatic heterocycles. The Morgan fingerprint density at radius 3 is 2.30 bits per heavy atom. The van der Waals surface area contributed by atoms with Crippen LogP contribution in [0, 0.1) is 0 Å². The van der Waals surface area contributed by atoms with Gasteiger partial charge in [-0.2, -0.15) is 0 Å². The molecule has 1 atom stereocenters. The summed E-state index contributed by atoms with van der Waals surface area (Å²) in [7, 11) is 0. The maximum Gasteiger partial charge on any atom is 0.146 e. The van der Waals surface area contributed by atoms with Crippen LogP contribution in [0.3, 0.4) is 0 Å². The zero-order valence-corrected chi connectivity index (χ0v) is 11.6. The number of rotatable bonds is 6. The molecular formula is C17H19NO2. The van der Waals surface area contributed by atoms with Crippen LogP contribution in [0.15, 0.2) is 54.6 Å². The van der Waals surface area contributed by atoms with Gasteiger partial charge in [0.1, 0.15) is 18.1 Å². The molecule has 1 unspecified atom stereocenters.